The van der Waals surface area contributed by atoms with Gasteiger partial charge in [0.1, 0.15) is 5.25 Å². The fourth-order valence-electron chi connectivity index (χ4n) is 3.30. The first-order valence-electron chi connectivity index (χ1n) is 8.12. The zero-order valence-corrected chi connectivity index (χ0v) is 14.2. The number of pyridine rings is 1. The third-order valence-corrected chi connectivity index (χ3v) is 6.97. The van der Waals surface area contributed by atoms with Crippen molar-refractivity contribution in [3.63, 3.8) is 0 Å². The highest BCUT2D eigenvalue weighted by Gasteiger charge is 2.43. The topological polar surface area (TPSA) is 70.6 Å². The summed E-state index contributed by atoms with van der Waals surface area (Å²) in [4.78, 5) is 18.1. The van der Waals surface area contributed by atoms with Gasteiger partial charge in [0.15, 0.2) is 0 Å². The van der Waals surface area contributed by atoms with E-state index >= 15 is 0 Å². The number of nitrogens with zero attached hydrogens (tertiary/aromatic N) is 3. The molecule has 0 spiro atoms. The lowest BCUT2D eigenvalue weighted by Crippen LogP contribution is -2.60. The van der Waals surface area contributed by atoms with Crippen molar-refractivity contribution < 1.29 is 13.2 Å². The van der Waals surface area contributed by atoms with Crippen LogP contribution in [0.5, 0.6) is 0 Å². The van der Waals surface area contributed by atoms with Gasteiger partial charge >= 0.3 is 0 Å². The number of likely N-dealkylation sites (tertiary alicyclic amines) is 1. The number of hydrogen-bond donors (Lipinski definition) is 0. The van der Waals surface area contributed by atoms with Crippen LogP contribution in [0.25, 0.3) is 0 Å². The quantitative estimate of drug-likeness (QED) is 0.811. The van der Waals surface area contributed by atoms with E-state index in [1.54, 1.807) is 24.2 Å². The van der Waals surface area contributed by atoms with Gasteiger partial charge in [-0.15, -0.1) is 0 Å². The van der Waals surface area contributed by atoms with Gasteiger partial charge in [-0.25, -0.2) is 8.42 Å². The van der Waals surface area contributed by atoms with Crippen molar-refractivity contribution in [2.75, 3.05) is 20.1 Å². The molecule has 3 rings (SSSR count). The molecule has 0 aromatic carbocycles. The third-order valence-electron chi connectivity index (χ3n) is 4.83. The molecule has 0 radical (unpaired) electrons. The molecule has 1 saturated heterocycles. The van der Waals surface area contributed by atoms with Crippen LogP contribution in [0.1, 0.15) is 31.4 Å². The highest BCUT2D eigenvalue weighted by molar-refractivity contribution is 7.89. The molecule has 1 aliphatic heterocycles. The minimum Gasteiger partial charge on any atom is -0.340 e. The highest BCUT2D eigenvalue weighted by atomic mass is 32.2. The van der Waals surface area contributed by atoms with E-state index in [0.717, 1.165) is 31.4 Å². The first kappa shape index (κ1) is 16.4. The Bertz CT molecular complexity index is 650. The van der Waals surface area contributed by atoms with Crippen LogP contribution in [-0.2, 0) is 21.4 Å². The summed E-state index contributed by atoms with van der Waals surface area (Å²) in [6, 6.07) is 5.45. The Kier molecular flexibility index (Phi) is 4.68. The molecule has 1 saturated carbocycles. The number of amides is 1. The molecule has 0 N–H and O–H groups in total. The van der Waals surface area contributed by atoms with Crippen molar-refractivity contribution >= 4 is 15.9 Å². The van der Waals surface area contributed by atoms with E-state index < -0.39 is 15.3 Å². The van der Waals surface area contributed by atoms with E-state index in [1.165, 1.54) is 4.31 Å². The molecule has 1 aromatic rings. The minimum atomic E-state index is -3.39. The van der Waals surface area contributed by atoms with Gasteiger partial charge in [-0.1, -0.05) is 18.9 Å². The molecule has 23 heavy (non-hydrogen) atoms. The fraction of sp³-hybridized carbons (Fsp3) is 0.625. The molecular formula is C16H23N3O3S. The van der Waals surface area contributed by atoms with Crippen molar-refractivity contribution in [1.82, 2.24) is 14.2 Å². The Hall–Kier alpha value is -1.47. The first-order valence-corrected chi connectivity index (χ1v) is 9.62. The maximum absolute atomic E-state index is 12.6. The second-order valence-corrected chi connectivity index (χ2v) is 8.79. The predicted molar refractivity (Wildman–Crippen MR) is 86.9 cm³/mol. The Labute approximate surface area is 137 Å². The molecule has 1 aliphatic carbocycles. The van der Waals surface area contributed by atoms with Gasteiger partial charge in [-0.2, -0.15) is 4.31 Å². The van der Waals surface area contributed by atoms with Gasteiger partial charge in [0, 0.05) is 32.3 Å². The monoisotopic (exact) mass is 337 g/mol. The molecule has 7 heteroatoms. The summed E-state index contributed by atoms with van der Waals surface area (Å²) in [5.74, 6) is 0.256. The Morgan fingerprint density at radius 2 is 2.00 bits per heavy atom. The second-order valence-electron chi connectivity index (χ2n) is 6.47. The van der Waals surface area contributed by atoms with Gasteiger partial charge < -0.3 is 4.90 Å². The summed E-state index contributed by atoms with van der Waals surface area (Å²) in [5, 5.41) is -0.485. The smallest absolute Gasteiger partial charge is 0.225 e. The fourth-order valence-corrected chi connectivity index (χ4v) is 4.86. The maximum atomic E-state index is 12.6. The summed E-state index contributed by atoms with van der Waals surface area (Å²) in [6.45, 7) is 0.907. The van der Waals surface area contributed by atoms with E-state index in [2.05, 4.69) is 4.98 Å². The average molecular weight is 337 g/mol. The number of carbonyl (C=O) groups is 1. The summed E-state index contributed by atoms with van der Waals surface area (Å²) < 4.78 is 26.5. The summed E-state index contributed by atoms with van der Waals surface area (Å²) in [7, 11) is -1.82. The number of carbonyl (C=O) groups excluding carboxylic acids is 1. The molecule has 1 aromatic heterocycles. The van der Waals surface area contributed by atoms with E-state index in [1.807, 2.05) is 12.1 Å². The van der Waals surface area contributed by atoms with Crippen LogP contribution in [0.2, 0.25) is 0 Å². The van der Waals surface area contributed by atoms with Crippen molar-refractivity contribution in [2.24, 2.45) is 5.92 Å². The van der Waals surface area contributed by atoms with E-state index in [4.69, 9.17) is 0 Å². The molecule has 126 valence electrons. The lowest BCUT2D eigenvalue weighted by atomic mass is 10.0. The minimum absolute atomic E-state index is 0.116. The molecule has 0 atom stereocenters. The number of aromatic nitrogens is 1. The Morgan fingerprint density at radius 3 is 2.61 bits per heavy atom. The molecule has 2 fully saturated rings. The predicted octanol–water partition coefficient (Wildman–Crippen LogP) is 1.24. The molecule has 2 heterocycles. The number of hydrogen-bond acceptors (Lipinski definition) is 4. The van der Waals surface area contributed by atoms with Crippen molar-refractivity contribution in [3.8, 4) is 0 Å². The SMILES string of the molecule is CN(Cc1ccccn1)S(=O)(=O)C1CN(C(=O)C2CCCC2)C1. The Balaban J connectivity index is 1.56. The lowest BCUT2D eigenvalue weighted by molar-refractivity contribution is -0.138. The highest BCUT2D eigenvalue weighted by Crippen LogP contribution is 2.29. The zero-order chi connectivity index (χ0) is 16.4. The normalized spacial score (nSPS) is 20.0. The van der Waals surface area contributed by atoms with Gasteiger partial charge in [-0.3, -0.25) is 9.78 Å². The van der Waals surface area contributed by atoms with Crippen LogP contribution >= 0.6 is 0 Å². The first-order chi connectivity index (χ1) is 11.0. The molecule has 6 nitrogen and oxygen atoms in total. The largest absolute Gasteiger partial charge is 0.340 e. The maximum Gasteiger partial charge on any atom is 0.225 e. The lowest BCUT2D eigenvalue weighted by Gasteiger charge is -2.41. The van der Waals surface area contributed by atoms with E-state index in [9.17, 15) is 13.2 Å². The molecule has 2 aliphatic rings. The van der Waals surface area contributed by atoms with Crippen LogP contribution in [-0.4, -0.2) is 53.9 Å². The van der Waals surface area contributed by atoms with Gasteiger partial charge in [0.25, 0.3) is 0 Å². The van der Waals surface area contributed by atoms with Crippen LogP contribution < -0.4 is 0 Å². The molecule has 1 amide bonds. The van der Waals surface area contributed by atoms with Crippen LogP contribution in [0.15, 0.2) is 24.4 Å². The van der Waals surface area contributed by atoms with E-state index in [-0.39, 0.29) is 18.4 Å². The summed E-state index contributed by atoms with van der Waals surface area (Å²) in [5.41, 5.74) is 0.719. The molecule has 0 bridgehead atoms. The van der Waals surface area contributed by atoms with E-state index in [0.29, 0.717) is 13.1 Å². The van der Waals surface area contributed by atoms with Gasteiger partial charge in [-0.05, 0) is 25.0 Å². The summed E-state index contributed by atoms with van der Waals surface area (Å²) >= 11 is 0. The number of sulfonamides is 1. The Morgan fingerprint density at radius 1 is 1.30 bits per heavy atom. The van der Waals surface area contributed by atoms with Crippen molar-refractivity contribution in [1.29, 1.82) is 0 Å². The van der Waals surface area contributed by atoms with Gasteiger partial charge in [0.2, 0.25) is 15.9 Å². The third kappa shape index (κ3) is 3.40. The van der Waals surface area contributed by atoms with Gasteiger partial charge in [0.05, 0.1) is 12.2 Å². The summed E-state index contributed by atoms with van der Waals surface area (Å²) in [6.07, 6.45) is 5.78. The zero-order valence-electron chi connectivity index (χ0n) is 13.4. The van der Waals surface area contributed by atoms with Crippen LogP contribution in [0.4, 0.5) is 0 Å². The van der Waals surface area contributed by atoms with Crippen LogP contribution in [0.3, 0.4) is 0 Å². The average Bonchev–Trinajstić information content (AvgIpc) is 3.00. The second kappa shape index (κ2) is 6.57. The molecular weight excluding hydrogens is 314 g/mol. The molecule has 0 unspecified atom stereocenters. The number of rotatable bonds is 5. The van der Waals surface area contributed by atoms with Crippen molar-refractivity contribution in [2.45, 2.75) is 37.5 Å². The standard InChI is InChI=1S/C16H23N3O3S/c1-18(10-14-8-4-5-9-17-14)23(21,22)15-11-19(12-15)16(20)13-6-2-3-7-13/h4-5,8-9,13,15H,2-3,6-7,10-12H2,1H3. The van der Waals surface area contributed by atoms with Crippen LogP contribution in [0, 0.1) is 5.92 Å². The van der Waals surface area contributed by atoms with Crippen molar-refractivity contribution in [3.05, 3.63) is 30.1 Å².